The molecule has 1 saturated heterocycles. The summed E-state index contributed by atoms with van der Waals surface area (Å²) in [5.41, 5.74) is 0. The second-order valence-corrected chi connectivity index (χ2v) is 3.85. The summed E-state index contributed by atoms with van der Waals surface area (Å²) >= 11 is 0. The molecule has 0 amide bonds. The van der Waals surface area contributed by atoms with Crippen LogP contribution in [-0.4, -0.2) is 53.9 Å². The third-order valence-corrected chi connectivity index (χ3v) is 2.55. The Kier molecular flexibility index (Phi) is 3.70. The lowest BCUT2D eigenvalue weighted by molar-refractivity contribution is -0.160. The van der Waals surface area contributed by atoms with Crippen molar-refractivity contribution < 1.29 is 18.8 Å². The molecule has 0 aromatic carbocycles. The topological polar surface area (TPSA) is 77.7 Å². The monoisotopic (exact) mass is 241 g/mol. The van der Waals surface area contributed by atoms with Gasteiger partial charge in [0.05, 0.1) is 20.3 Å². The largest absolute Gasteiger partial charge is 0.467 e. The fourth-order valence-corrected chi connectivity index (χ4v) is 1.73. The third-order valence-electron chi connectivity index (χ3n) is 2.55. The van der Waals surface area contributed by atoms with Gasteiger partial charge in [0.1, 0.15) is 0 Å². The zero-order chi connectivity index (χ0) is 12.3. The smallest absolute Gasteiger partial charge is 0.336 e. The lowest BCUT2D eigenvalue weighted by Gasteiger charge is -2.30. The van der Waals surface area contributed by atoms with Crippen LogP contribution in [0.2, 0.25) is 0 Å². The van der Waals surface area contributed by atoms with Gasteiger partial charge in [0.15, 0.2) is 11.9 Å². The van der Waals surface area contributed by atoms with Gasteiger partial charge in [0, 0.05) is 20.0 Å². The lowest BCUT2D eigenvalue weighted by Crippen LogP contribution is -2.46. The van der Waals surface area contributed by atoms with Gasteiger partial charge < -0.3 is 14.0 Å². The van der Waals surface area contributed by atoms with Gasteiger partial charge in [-0.1, -0.05) is 5.16 Å². The van der Waals surface area contributed by atoms with E-state index in [1.54, 1.807) is 6.92 Å². The van der Waals surface area contributed by atoms with E-state index in [-0.39, 0.29) is 5.97 Å². The van der Waals surface area contributed by atoms with Gasteiger partial charge in [-0.25, -0.2) is 4.79 Å². The summed E-state index contributed by atoms with van der Waals surface area (Å²) in [6.45, 7) is 4.01. The lowest BCUT2D eigenvalue weighted by atomic mass is 10.2. The summed E-state index contributed by atoms with van der Waals surface area (Å²) < 4.78 is 14.9. The van der Waals surface area contributed by atoms with E-state index in [1.807, 2.05) is 4.90 Å². The fraction of sp³-hybridized carbons (Fsp3) is 0.700. The maximum absolute atomic E-state index is 11.3. The van der Waals surface area contributed by atoms with Crippen LogP contribution < -0.4 is 0 Å². The number of carbonyl (C=O) groups excluding carboxylic acids is 1. The summed E-state index contributed by atoms with van der Waals surface area (Å²) in [6.07, 6.45) is -0.526. The minimum Gasteiger partial charge on any atom is -0.467 e. The van der Waals surface area contributed by atoms with Crippen LogP contribution in [0.15, 0.2) is 4.52 Å². The summed E-state index contributed by atoms with van der Waals surface area (Å²) in [5.74, 6) is 0.810. The second kappa shape index (κ2) is 5.24. The fourth-order valence-electron chi connectivity index (χ4n) is 1.73. The Balaban J connectivity index is 1.91. The van der Waals surface area contributed by atoms with Crippen LogP contribution in [-0.2, 0) is 20.8 Å². The minimum atomic E-state index is -0.526. The Bertz CT molecular complexity index is 393. The molecule has 0 radical (unpaired) electrons. The van der Waals surface area contributed by atoms with Gasteiger partial charge in [-0.05, 0) is 0 Å². The van der Waals surface area contributed by atoms with Crippen molar-refractivity contribution >= 4 is 5.97 Å². The maximum Gasteiger partial charge on any atom is 0.336 e. The highest BCUT2D eigenvalue weighted by atomic mass is 16.6. The molecule has 7 nitrogen and oxygen atoms in total. The van der Waals surface area contributed by atoms with Gasteiger partial charge in [-0.15, -0.1) is 0 Å². The molecule has 0 spiro atoms. The molecule has 94 valence electrons. The van der Waals surface area contributed by atoms with Crippen molar-refractivity contribution in [2.75, 3.05) is 26.8 Å². The number of aromatic nitrogens is 2. The predicted octanol–water partition coefficient (Wildman–Crippen LogP) is -0.248. The number of rotatable bonds is 3. The number of carbonyl (C=O) groups is 1. The SMILES string of the molecule is COC(=O)C1CN(Cc2noc(C)n2)CCO1. The molecule has 1 aliphatic heterocycles. The average molecular weight is 241 g/mol. The summed E-state index contributed by atoms with van der Waals surface area (Å²) in [5, 5.41) is 3.82. The van der Waals surface area contributed by atoms with Crippen LogP contribution in [0.1, 0.15) is 11.7 Å². The molecule has 2 heterocycles. The molecular formula is C10H15N3O4. The number of hydrogen-bond donors (Lipinski definition) is 0. The van der Waals surface area contributed by atoms with Crippen LogP contribution in [0.4, 0.5) is 0 Å². The highest BCUT2D eigenvalue weighted by molar-refractivity contribution is 5.74. The quantitative estimate of drug-likeness (QED) is 0.675. The van der Waals surface area contributed by atoms with Crippen LogP contribution >= 0.6 is 0 Å². The normalized spacial score (nSPS) is 21.4. The van der Waals surface area contributed by atoms with E-state index in [0.717, 1.165) is 6.54 Å². The molecule has 1 aromatic heterocycles. The van der Waals surface area contributed by atoms with Crippen LogP contribution in [0.5, 0.6) is 0 Å². The van der Waals surface area contributed by atoms with E-state index in [0.29, 0.717) is 31.4 Å². The Morgan fingerprint density at radius 1 is 1.65 bits per heavy atom. The number of hydrogen-bond acceptors (Lipinski definition) is 7. The van der Waals surface area contributed by atoms with Gasteiger partial charge >= 0.3 is 5.97 Å². The van der Waals surface area contributed by atoms with Crippen LogP contribution in [0.3, 0.4) is 0 Å². The first-order valence-electron chi connectivity index (χ1n) is 5.40. The molecule has 17 heavy (non-hydrogen) atoms. The minimum absolute atomic E-state index is 0.348. The molecule has 1 atom stereocenters. The summed E-state index contributed by atoms with van der Waals surface area (Å²) in [7, 11) is 1.35. The van der Waals surface area contributed by atoms with Crippen molar-refractivity contribution in [3.8, 4) is 0 Å². The molecule has 2 rings (SSSR count). The zero-order valence-corrected chi connectivity index (χ0v) is 9.88. The van der Waals surface area contributed by atoms with Crippen molar-refractivity contribution in [3.05, 3.63) is 11.7 Å². The number of methoxy groups -OCH3 is 1. The molecule has 1 unspecified atom stereocenters. The van der Waals surface area contributed by atoms with Gasteiger partial charge in [-0.2, -0.15) is 4.98 Å². The van der Waals surface area contributed by atoms with Crippen molar-refractivity contribution in [2.24, 2.45) is 0 Å². The Morgan fingerprint density at radius 2 is 2.47 bits per heavy atom. The van der Waals surface area contributed by atoms with Gasteiger partial charge in [0.2, 0.25) is 5.89 Å². The highest BCUT2D eigenvalue weighted by Gasteiger charge is 2.27. The number of ether oxygens (including phenoxy) is 2. The van der Waals surface area contributed by atoms with E-state index in [1.165, 1.54) is 7.11 Å². The van der Waals surface area contributed by atoms with E-state index >= 15 is 0 Å². The predicted molar refractivity (Wildman–Crippen MR) is 56.1 cm³/mol. The first kappa shape index (κ1) is 12.0. The van der Waals surface area contributed by atoms with Gasteiger partial charge in [0.25, 0.3) is 0 Å². The molecule has 7 heteroatoms. The highest BCUT2D eigenvalue weighted by Crippen LogP contribution is 2.09. The van der Waals surface area contributed by atoms with Crippen molar-refractivity contribution in [1.29, 1.82) is 0 Å². The number of aryl methyl sites for hydroxylation is 1. The average Bonchev–Trinajstić information content (AvgIpc) is 2.74. The molecule has 0 N–H and O–H groups in total. The van der Waals surface area contributed by atoms with E-state index in [4.69, 9.17) is 9.26 Å². The first-order valence-corrected chi connectivity index (χ1v) is 5.40. The van der Waals surface area contributed by atoms with E-state index in [9.17, 15) is 4.79 Å². The van der Waals surface area contributed by atoms with Crippen molar-refractivity contribution in [3.63, 3.8) is 0 Å². The maximum atomic E-state index is 11.3. The number of morpholine rings is 1. The first-order chi connectivity index (χ1) is 8.19. The molecule has 1 aromatic rings. The second-order valence-electron chi connectivity index (χ2n) is 3.85. The third kappa shape index (κ3) is 3.01. The molecule has 1 fully saturated rings. The number of nitrogens with zero attached hydrogens (tertiary/aromatic N) is 3. The van der Waals surface area contributed by atoms with Crippen LogP contribution in [0.25, 0.3) is 0 Å². The Labute approximate surface area is 98.7 Å². The standard InChI is InChI=1S/C10H15N3O4/c1-7-11-9(12-17-7)6-13-3-4-16-8(5-13)10(14)15-2/h8H,3-6H2,1-2H3. The molecule has 1 aliphatic rings. The Morgan fingerprint density at radius 3 is 3.12 bits per heavy atom. The van der Waals surface area contributed by atoms with E-state index < -0.39 is 6.10 Å². The molecule has 0 saturated carbocycles. The molecular weight excluding hydrogens is 226 g/mol. The number of esters is 1. The van der Waals surface area contributed by atoms with Crippen LogP contribution in [0, 0.1) is 6.92 Å². The zero-order valence-electron chi connectivity index (χ0n) is 9.88. The summed E-state index contributed by atoms with van der Waals surface area (Å²) in [4.78, 5) is 17.5. The summed E-state index contributed by atoms with van der Waals surface area (Å²) in [6, 6.07) is 0. The van der Waals surface area contributed by atoms with Crippen molar-refractivity contribution in [2.45, 2.75) is 19.6 Å². The Hall–Kier alpha value is -1.47. The molecule has 0 aliphatic carbocycles. The molecule has 0 bridgehead atoms. The van der Waals surface area contributed by atoms with E-state index in [2.05, 4.69) is 14.9 Å². The van der Waals surface area contributed by atoms with Gasteiger partial charge in [-0.3, -0.25) is 4.90 Å². The van der Waals surface area contributed by atoms with Crippen molar-refractivity contribution in [1.82, 2.24) is 15.0 Å².